The molecule has 0 aliphatic carbocycles. The van der Waals surface area contributed by atoms with E-state index in [1.165, 1.54) is 6.07 Å². The number of halogens is 1. The van der Waals surface area contributed by atoms with E-state index in [0.717, 1.165) is 0 Å². The molecule has 0 radical (unpaired) electrons. The number of anilines is 1. The van der Waals surface area contributed by atoms with Gasteiger partial charge in [-0.15, -0.1) is 0 Å². The number of likely N-dealkylation sites (N-methyl/N-ethyl adjacent to an activating group) is 1. The smallest absolute Gasteiger partial charge is 0.244 e. The van der Waals surface area contributed by atoms with Crippen LogP contribution in [0, 0.1) is 5.82 Å². The Hall–Kier alpha value is -1.66. The molecule has 2 atom stereocenters. The second-order valence-corrected chi connectivity index (χ2v) is 4.79. The Kier molecular flexibility index (Phi) is 4.57. The lowest BCUT2D eigenvalue weighted by molar-refractivity contribution is -0.124. The third-order valence-corrected chi connectivity index (χ3v) is 3.44. The van der Waals surface area contributed by atoms with E-state index in [-0.39, 0.29) is 12.5 Å². The van der Waals surface area contributed by atoms with Crippen molar-refractivity contribution < 1.29 is 19.0 Å². The number of nitrogens with zero attached hydrogens (tertiary/aromatic N) is 1. The molecule has 1 aliphatic rings. The van der Waals surface area contributed by atoms with Gasteiger partial charge in [0.1, 0.15) is 11.9 Å². The zero-order valence-corrected chi connectivity index (χ0v) is 11.6. The number of hydrogen-bond acceptors (Lipinski definition) is 4. The van der Waals surface area contributed by atoms with Crippen LogP contribution in [-0.4, -0.2) is 43.9 Å². The van der Waals surface area contributed by atoms with E-state index in [4.69, 9.17) is 4.74 Å². The second-order valence-electron chi connectivity index (χ2n) is 4.79. The van der Waals surface area contributed by atoms with Crippen LogP contribution < -0.4 is 10.2 Å². The highest BCUT2D eigenvalue weighted by Crippen LogP contribution is 2.26. The summed E-state index contributed by atoms with van der Waals surface area (Å²) in [6.45, 7) is 2.71. The van der Waals surface area contributed by atoms with Crippen molar-refractivity contribution in [2.24, 2.45) is 0 Å². The number of benzene rings is 1. The molecule has 1 aromatic rings. The maximum absolute atomic E-state index is 14.2. The van der Waals surface area contributed by atoms with Crippen LogP contribution in [0.15, 0.2) is 18.2 Å². The van der Waals surface area contributed by atoms with Gasteiger partial charge >= 0.3 is 0 Å². The SMILES string of the molecule is CNC(=O)C1COCCN1c1ccc([C@H](C)O)cc1F. The molecule has 110 valence electrons. The molecule has 1 aliphatic heterocycles. The highest BCUT2D eigenvalue weighted by atomic mass is 19.1. The molecule has 1 unspecified atom stereocenters. The standard InChI is InChI=1S/C14H19FN2O3/c1-9(18)10-3-4-12(11(15)7-10)17-5-6-20-8-13(17)14(19)16-2/h3-4,7,9,13,18H,5-6,8H2,1-2H3,(H,16,19)/t9-,13?/m0/s1. The average Bonchev–Trinajstić information content (AvgIpc) is 2.46. The Balaban J connectivity index is 2.30. The number of ether oxygens (including phenoxy) is 1. The zero-order chi connectivity index (χ0) is 14.7. The Morgan fingerprint density at radius 1 is 1.60 bits per heavy atom. The minimum absolute atomic E-state index is 0.205. The first-order valence-corrected chi connectivity index (χ1v) is 6.58. The van der Waals surface area contributed by atoms with Crippen LogP contribution in [0.1, 0.15) is 18.6 Å². The Bertz CT molecular complexity index is 493. The number of aliphatic hydroxyl groups excluding tert-OH is 1. The molecule has 0 aromatic heterocycles. The van der Waals surface area contributed by atoms with Crippen LogP contribution in [0.5, 0.6) is 0 Å². The fourth-order valence-corrected chi connectivity index (χ4v) is 2.29. The number of nitrogens with one attached hydrogen (secondary N) is 1. The molecule has 1 heterocycles. The zero-order valence-electron chi connectivity index (χ0n) is 11.6. The Labute approximate surface area is 117 Å². The van der Waals surface area contributed by atoms with Crippen LogP contribution in [0.25, 0.3) is 0 Å². The molecule has 5 nitrogen and oxygen atoms in total. The topological polar surface area (TPSA) is 61.8 Å². The van der Waals surface area contributed by atoms with Gasteiger partial charge in [-0.1, -0.05) is 6.07 Å². The van der Waals surface area contributed by atoms with Crippen LogP contribution in [0.3, 0.4) is 0 Å². The van der Waals surface area contributed by atoms with Gasteiger partial charge in [0.2, 0.25) is 5.91 Å². The average molecular weight is 282 g/mol. The van der Waals surface area contributed by atoms with Gasteiger partial charge in [-0.25, -0.2) is 4.39 Å². The van der Waals surface area contributed by atoms with Gasteiger partial charge in [-0.05, 0) is 24.6 Å². The molecule has 6 heteroatoms. The van der Waals surface area contributed by atoms with Crippen molar-refractivity contribution in [3.8, 4) is 0 Å². The number of carbonyl (C=O) groups is 1. The molecular weight excluding hydrogens is 263 g/mol. The number of amides is 1. The van der Waals surface area contributed by atoms with E-state index in [1.807, 2.05) is 0 Å². The maximum atomic E-state index is 14.2. The van der Waals surface area contributed by atoms with Gasteiger partial charge in [0.15, 0.2) is 0 Å². The first kappa shape index (κ1) is 14.7. The Morgan fingerprint density at radius 3 is 2.95 bits per heavy atom. The molecule has 2 N–H and O–H groups in total. The quantitative estimate of drug-likeness (QED) is 0.862. The minimum Gasteiger partial charge on any atom is -0.389 e. The highest BCUT2D eigenvalue weighted by molar-refractivity contribution is 5.85. The minimum atomic E-state index is -0.724. The summed E-state index contributed by atoms with van der Waals surface area (Å²) in [5, 5.41) is 12.0. The molecule has 1 fully saturated rings. The fourth-order valence-electron chi connectivity index (χ4n) is 2.29. The van der Waals surface area contributed by atoms with E-state index < -0.39 is 18.0 Å². The number of carbonyl (C=O) groups excluding carboxylic acids is 1. The summed E-state index contributed by atoms with van der Waals surface area (Å²) < 4.78 is 19.5. The summed E-state index contributed by atoms with van der Waals surface area (Å²) in [6.07, 6.45) is -0.724. The van der Waals surface area contributed by atoms with Crippen molar-refractivity contribution in [1.29, 1.82) is 0 Å². The van der Waals surface area contributed by atoms with E-state index >= 15 is 0 Å². The van der Waals surface area contributed by atoms with Gasteiger partial charge < -0.3 is 20.1 Å². The van der Waals surface area contributed by atoms with E-state index in [2.05, 4.69) is 5.32 Å². The highest BCUT2D eigenvalue weighted by Gasteiger charge is 2.30. The molecule has 1 amide bonds. The van der Waals surface area contributed by atoms with Crippen LogP contribution in [0.4, 0.5) is 10.1 Å². The van der Waals surface area contributed by atoms with Gasteiger partial charge in [0.25, 0.3) is 0 Å². The summed E-state index contributed by atoms with van der Waals surface area (Å²) in [4.78, 5) is 13.5. The van der Waals surface area contributed by atoms with Gasteiger partial charge in [0.05, 0.1) is 25.0 Å². The monoisotopic (exact) mass is 282 g/mol. The lowest BCUT2D eigenvalue weighted by Crippen LogP contribution is -2.53. The van der Waals surface area contributed by atoms with Gasteiger partial charge in [-0.2, -0.15) is 0 Å². The Morgan fingerprint density at radius 2 is 2.35 bits per heavy atom. The predicted molar refractivity (Wildman–Crippen MR) is 73.1 cm³/mol. The van der Waals surface area contributed by atoms with Gasteiger partial charge in [0, 0.05) is 13.6 Å². The lowest BCUT2D eigenvalue weighted by Gasteiger charge is -2.36. The predicted octanol–water partition coefficient (Wildman–Crippen LogP) is 0.830. The molecule has 0 bridgehead atoms. The molecule has 2 rings (SSSR count). The van der Waals surface area contributed by atoms with Crippen molar-refractivity contribution in [2.45, 2.75) is 19.1 Å². The lowest BCUT2D eigenvalue weighted by atomic mass is 10.1. The number of rotatable bonds is 3. The van der Waals surface area contributed by atoms with Gasteiger partial charge in [-0.3, -0.25) is 4.79 Å². The second kappa shape index (κ2) is 6.19. The summed E-state index contributed by atoms with van der Waals surface area (Å²) in [5.74, 6) is -0.650. The van der Waals surface area contributed by atoms with E-state index in [9.17, 15) is 14.3 Å². The molecular formula is C14H19FN2O3. The van der Waals surface area contributed by atoms with Crippen LogP contribution >= 0.6 is 0 Å². The van der Waals surface area contributed by atoms with Crippen molar-refractivity contribution in [2.75, 3.05) is 31.7 Å². The maximum Gasteiger partial charge on any atom is 0.244 e. The summed E-state index contributed by atoms with van der Waals surface area (Å²) in [6, 6.07) is 4.02. The largest absolute Gasteiger partial charge is 0.389 e. The van der Waals surface area contributed by atoms with E-state index in [0.29, 0.717) is 24.4 Å². The summed E-state index contributed by atoms with van der Waals surface area (Å²) in [7, 11) is 1.54. The number of hydrogen-bond donors (Lipinski definition) is 2. The molecule has 1 aromatic carbocycles. The van der Waals surface area contributed by atoms with Crippen molar-refractivity contribution in [1.82, 2.24) is 5.32 Å². The summed E-state index contributed by atoms with van der Waals surface area (Å²) >= 11 is 0. The van der Waals surface area contributed by atoms with Crippen molar-refractivity contribution in [3.05, 3.63) is 29.6 Å². The first-order chi connectivity index (χ1) is 9.54. The van der Waals surface area contributed by atoms with Crippen molar-refractivity contribution >= 4 is 11.6 Å². The van der Waals surface area contributed by atoms with E-state index in [1.54, 1.807) is 31.0 Å². The van der Waals surface area contributed by atoms with Crippen LogP contribution in [0.2, 0.25) is 0 Å². The number of morpholine rings is 1. The summed E-state index contributed by atoms with van der Waals surface area (Å²) in [5.41, 5.74) is 0.863. The fraction of sp³-hybridized carbons (Fsp3) is 0.500. The third kappa shape index (κ3) is 2.91. The normalized spacial score (nSPS) is 20.6. The number of aliphatic hydroxyl groups is 1. The van der Waals surface area contributed by atoms with Crippen LogP contribution in [-0.2, 0) is 9.53 Å². The first-order valence-electron chi connectivity index (χ1n) is 6.58. The van der Waals surface area contributed by atoms with Crippen molar-refractivity contribution in [3.63, 3.8) is 0 Å². The molecule has 0 saturated carbocycles. The molecule has 0 spiro atoms. The third-order valence-electron chi connectivity index (χ3n) is 3.44. The molecule has 20 heavy (non-hydrogen) atoms. The molecule has 1 saturated heterocycles.